The van der Waals surface area contributed by atoms with Crippen molar-refractivity contribution in [3.63, 3.8) is 0 Å². The van der Waals surface area contributed by atoms with Gasteiger partial charge in [0.1, 0.15) is 0 Å². The molecule has 4 aromatic rings. The Bertz CT molecular complexity index is 1110. The minimum Gasteiger partial charge on any atom is -0.259 e. The SMILES string of the molecule is Cc1ccc(N=C(N/N=C/c2ccc(Br)cc2)c2nc3ccccc3s2)cc1. The van der Waals surface area contributed by atoms with Crippen molar-refractivity contribution in [2.75, 3.05) is 0 Å². The summed E-state index contributed by atoms with van der Waals surface area (Å²) in [6.45, 7) is 2.06. The summed E-state index contributed by atoms with van der Waals surface area (Å²) in [5.41, 5.74) is 7.08. The highest BCUT2D eigenvalue weighted by molar-refractivity contribution is 9.10. The summed E-state index contributed by atoms with van der Waals surface area (Å²) in [6, 6.07) is 24.1. The number of hydrogen-bond donors (Lipinski definition) is 1. The zero-order chi connectivity index (χ0) is 19.3. The molecule has 3 aromatic carbocycles. The number of amidine groups is 1. The number of aromatic nitrogens is 1. The quantitative estimate of drug-likeness (QED) is 0.234. The van der Waals surface area contributed by atoms with Gasteiger partial charge in [0.05, 0.1) is 22.1 Å². The average Bonchev–Trinajstić information content (AvgIpc) is 3.14. The molecular weight excluding hydrogens is 432 g/mol. The van der Waals surface area contributed by atoms with E-state index in [0.717, 1.165) is 30.9 Å². The molecule has 0 saturated carbocycles. The van der Waals surface area contributed by atoms with Crippen LogP contribution in [0.5, 0.6) is 0 Å². The topological polar surface area (TPSA) is 49.6 Å². The van der Waals surface area contributed by atoms with E-state index in [2.05, 4.69) is 39.4 Å². The van der Waals surface area contributed by atoms with Crippen LogP contribution in [0, 0.1) is 6.92 Å². The van der Waals surface area contributed by atoms with E-state index < -0.39 is 0 Å². The Morgan fingerprint density at radius 2 is 1.75 bits per heavy atom. The normalized spacial score (nSPS) is 12.0. The van der Waals surface area contributed by atoms with E-state index in [1.807, 2.05) is 66.7 Å². The van der Waals surface area contributed by atoms with Gasteiger partial charge in [-0.05, 0) is 48.9 Å². The summed E-state index contributed by atoms with van der Waals surface area (Å²) in [7, 11) is 0. The van der Waals surface area contributed by atoms with Crippen molar-refractivity contribution in [1.82, 2.24) is 10.4 Å². The minimum absolute atomic E-state index is 0.624. The Kier molecular flexibility index (Phi) is 5.60. The molecule has 0 fully saturated rings. The van der Waals surface area contributed by atoms with E-state index >= 15 is 0 Å². The molecule has 0 aliphatic rings. The lowest BCUT2D eigenvalue weighted by Crippen LogP contribution is -2.18. The van der Waals surface area contributed by atoms with Gasteiger partial charge < -0.3 is 0 Å². The molecule has 1 N–H and O–H groups in total. The third kappa shape index (κ3) is 4.52. The monoisotopic (exact) mass is 448 g/mol. The van der Waals surface area contributed by atoms with E-state index in [0.29, 0.717) is 5.84 Å². The predicted molar refractivity (Wildman–Crippen MR) is 122 cm³/mol. The van der Waals surface area contributed by atoms with Gasteiger partial charge >= 0.3 is 0 Å². The molecule has 0 bridgehead atoms. The second-order valence-electron chi connectivity index (χ2n) is 6.20. The second-order valence-corrected chi connectivity index (χ2v) is 8.15. The molecule has 0 aliphatic heterocycles. The van der Waals surface area contributed by atoms with Crippen LogP contribution in [0.2, 0.25) is 0 Å². The Balaban J connectivity index is 1.66. The van der Waals surface area contributed by atoms with Crippen LogP contribution in [0.25, 0.3) is 10.2 Å². The van der Waals surface area contributed by atoms with Crippen molar-refractivity contribution < 1.29 is 0 Å². The fraction of sp³-hybridized carbons (Fsp3) is 0.0455. The van der Waals surface area contributed by atoms with Gasteiger partial charge in [-0.15, -0.1) is 11.3 Å². The van der Waals surface area contributed by atoms with Gasteiger partial charge in [-0.25, -0.2) is 9.98 Å². The predicted octanol–water partition coefficient (Wildman–Crippen LogP) is 6.07. The van der Waals surface area contributed by atoms with Gasteiger partial charge in [-0.1, -0.05) is 57.9 Å². The number of hydrogen-bond acceptors (Lipinski definition) is 4. The maximum Gasteiger partial charge on any atom is 0.183 e. The zero-order valence-corrected chi connectivity index (χ0v) is 17.5. The Morgan fingerprint density at radius 1 is 1.00 bits per heavy atom. The smallest absolute Gasteiger partial charge is 0.183 e. The standard InChI is InChI=1S/C22H17BrN4S/c1-15-6-12-18(13-7-15)25-21(22-26-19-4-2-3-5-20(19)28-22)27-24-14-16-8-10-17(23)11-9-16/h2-14H,1H3,(H,25,27)/b24-14+. The van der Waals surface area contributed by atoms with Gasteiger partial charge in [-0.2, -0.15) is 5.10 Å². The first-order valence-corrected chi connectivity index (χ1v) is 10.3. The van der Waals surface area contributed by atoms with Crippen LogP contribution in [0.1, 0.15) is 16.1 Å². The molecule has 0 saturated heterocycles. The molecule has 1 aromatic heterocycles. The van der Waals surface area contributed by atoms with E-state index in [1.165, 1.54) is 5.56 Å². The summed E-state index contributed by atoms with van der Waals surface area (Å²) in [6.07, 6.45) is 1.77. The van der Waals surface area contributed by atoms with E-state index in [-0.39, 0.29) is 0 Å². The van der Waals surface area contributed by atoms with Gasteiger partial charge in [-0.3, -0.25) is 5.43 Å². The minimum atomic E-state index is 0.624. The number of aliphatic imine (C=N–C) groups is 1. The summed E-state index contributed by atoms with van der Waals surface area (Å²) in [5, 5.41) is 5.18. The second kappa shape index (κ2) is 8.46. The zero-order valence-electron chi connectivity index (χ0n) is 15.1. The van der Waals surface area contributed by atoms with Crippen molar-refractivity contribution in [2.24, 2.45) is 10.1 Å². The molecule has 0 atom stereocenters. The largest absolute Gasteiger partial charge is 0.259 e. The number of para-hydroxylation sites is 1. The number of halogens is 1. The maximum atomic E-state index is 4.74. The molecule has 1 heterocycles. The first-order chi connectivity index (χ1) is 13.7. The molecule has 28 heavy (non-hydrogen) atoms. The number of fused-ring (bicyclic) bond motifs is 1. The van der Waals surface area contributed by atoms with Gasteiger partial charge in [0.2, 0.25) is 0 Å². The van der Waals surface area contributed by atoms with Crippen molar-refractivity contribution >= 4 is 55.2 Å². The number of rotatable bonds is 4. The van der Waals surface area contributed by atoms with Gasteiger partial charge in [0.25, 0.3) is 0 Å². The number of nitrogens with one attached hydrogen (secondary N) is 1. The fourth-order valence-electron chi connectivity index (χ4n) is 2.56. The van der Waals surface area contributed by atoms with Crippen LogP contribution in [-0.4, -0.2) is 17.0 Å². The number of nitrogens with zero attached hydrogens (tertiary/aromatic N) is 3. The van der Waals surface area contributed by atoms with Crippen LogP contribution >= 0.6 is 27.3 Å². The van der Waals surface area contributed by atoms with E-state index in [1.54, 1.807) is 17.6 Å². The van der Waals surface area contributed by atoms with Crippen molar-refractivity contribution in [3.05, 3.63) is 93.4 Å². The number of aryl methyl sites for hydroxylation is 1. The lowest BCUT2D eigenvalue weighted by Gasteiger charge is -2.03. The molecule has 0 spiro atoms. The summed E-state index contributed by atoms with van der Waals surface area (Å²) < 4.78 is 2.15. The summed E-state index contributed by atoms with van der Waals surface area (Å²) in [5.74, 6) is 0.624. The molecule has 4 nitrogen and oxygen atoms in total. The summed E-state index contributed by atoms with van der Waals surface area (Å²) >= 11 is 5.03. The highest BCUT2D eigenvalue weighted by atomic mass is 79.9. The first-order valence-electron chi connectivity index (χ1n) is 8.73. The Morgan fingerprint density at radius 3 is 2.50 bits per heavy atom. The molecule has 0 aliphatic carbocycles. The molecule has 0 amide bonds. The van der Waals surface area contributed by atoms with Crippen LogP contribution in [-0.2, 0) is 0 Å². The highest BCUT2D eigenvalue weighted by Gasteiger charge is 2.10. The van der Waals surface area contributed by atoms with E-state index in [4.69, 9.17) is 9.98 Å². The molecule has 4 rings (SSSR count). The van der Waals surface area contributed by atoms with Crippen molar-refractivity contribution in [3.8, 4) is 0 Å². The molecule has 0 unspecified atom stereocenters. The fourth-order valence-corrected chi connectivity index (χ4v) is 3.73. The van der Waals surface area contributed by atoms with Crippen LogP contribution in [0.3, 0.4) is 0 Å². The van der Waals surface area contributed by atoms with E-state index in [9.17, 15) is 0 Å². The number of benzene rings is 3. The number of hydrazone groups is 1. The third-order valence-electron chi connectivity index (χ3n) is 4.03. The van der Waals surface area contributed by atoms with Gasteiger partial charge in [0.15, 0.2) is 10.8 Å². The molecule has 138 valence electrons. The average molecular weight is 449 g/mol. The van der Waals surface area contributed by atoms with Gasteiger partial charge in [0, 0.05) is 4.47 Å². The molecule has 0 radical (unpaired) electrons. The van der Waals surface area contributed by atoms with Crippen LogP contribution in [0.4, 0.5) is 5.69 Å². The first kappa shape index (κ1) is 18.5. The van der Waals surface area contributed by atoms with Crippen LogP contribution < -0.4 is 5.43 Å². The lowest BCUT2D eigenvalue weighted by molar-refractivity contribution is 1.03. The maximum absolute atomic E-state index is 4.74. The molecule has 6 heteroatoms. The molecular formula is C22H17BrN4S. The summed E-state index contributed by atoms with van der Waals surface area (Å²) in [4.78, 5) is 9.45. The Labute approximate surface area is 175 Å². The Hall–Kier alpha value is -2.83. The lowest BCUT2D eigenvalue weighted by atomic mass is 10.2. The highest BCUT2D eigenvalue weighted by Crippen LogP contribution is 2.23. The third-order valence-corrected chi connectivity index (χ3v) is 5.60. The van der Waals surface area contributed by atoms with Crippen molar-refractivity contribution in [1.29, 1.82) is 0 Å². The number of thiazole rings is 1. The van der Waals surface area contributed by atoms with Crippen LogP contribution in [0.15, 0.2) is 87.4 Å². The van der Waals surface area contributed by atoms with Crippen molar-refractivity contribution in [2.45, 2.75) is 6.92 Å².